The Bertz CT molecular complexity index is 657. The molecule has 0 fully saturated rings. The minimum atomic E-state index is -0.811. The van der Waals surface area contributed by atoms with Gasteiger partial charge >= 0.3 is 12.2 Å². The maximum atomic E-state index is 12.4. The van der Waals surface area contributed by atoms with E-state index in [1.165, 1.54) is 0 Å². The SMILES string of the molecule is CCN(CC)C(=O)Oc1c(C)cc(C(C)(C)C)cc1OC(=O)OCC(C)C. The fraction of sp³-hybridized carbons (Fsp3) is 0.619. The summed E-state index contributed by atoms with van der Waals surface area (Å²) < 4.78 is 16.1. The molecule has 0 aliphatic rings. The third-order valence-electron chi connectivity index (χ3n) is 4.05. The lowest BCUT2D eigenvalue weighted by Crippen LogP contribution is -2.33. The highest BCUT2D eigenvalue weighted by atomic mass is 16.7. The largest absolute Gasteiger partial charge is 0.513 e. The molecule has 0 saturated carbocycles. The molecule has 0 unspecified atom stereocenters. The van der Waals surface area contributed by atoms with E-state index in [4.69, 9.17) is 14.2 Å². The molecule has 0 aliphatic carbocycles. The molecule has 1 amide bonds. The Labute approximate surface area is 162 Å². The molecule has 0 heterocycles. The monoisotopic (exact) mass is 379 g/mol. The Kier molecular flexibility index (Phi) is 8.13. The Morgan fingerprint density at radius 1 is 1.07 bits per heavy atom. The molecule has 1 rings (SSSR count). The van der Waals surface area contributed by atoms with Crippen LogP contribution in [0.4, 0.5) is 9.59 Å². The standard InChI is InChI=1S/C21H33NO5/c1-9-22(10-2)19(23)27-18-15(5)11-16(21(6,7)8)12-17(18)26-20(24)25-13-14(3)4/h11-12,14H,9-10,13H2,1-8H3. The molecular weight excluding hydrogens is 346 g/mol. The molecule has 27 heavy (non-hydrogen) atoms. The van der Waals surface area contributed by atoms with E-state index in [2.05, 4.69) is 20.8 Å². The van der Waals surface area contributed by atoms with Crippen LogP contribution in [0.15, 0.2) is 12.1 Å². The first kappa shape index (κ1) is 22.8. The third kappa shape index (κ3) is 6.77. The van der Waals surface area contributed by atoms with Gasteiger partial charge in [0.25, 0.3) is 0 Å². The summed E-state index contributed by atoms with van der Waals surface area (Å²) in [6.07, 6.45) is -1.29. The molecule has 0 spiro atoms. The summed E-state index contributed by atoms with van der Waals surface area (Å²) in [6, 6.07) is 3.67. The summed E-state index contributed by atoms with van der Waals surface area (Å²) in [5.41, 5.74) is 1.52. The van der Waals surface area contributed by atoms with Crippen LogP contribution in [0.1, 0.15) is 59.6 Å². The summed E-state index contributed by atoms with van der Waals surface area (Å²) in [5, 5.41) is 0. The highest BCUT2D eigenvalue weighted by Crippen LogP contribution is 2.37. The van der Waals surface area contributed by atoms with Crippen molar-refractivity contribution in [2.75, 3.05) is 19.7 Å². The molecule has 6 heteroatoms. The third-order valence-corrected chi connectivity index (χ3v) is 4.05. The van der Waals surface area contributed by atoms with Gasteiger partial charge in [-0.1, -0.05) is 40.7 Å². The summed E-state index contributed by atoms with van der Waals surface area (Å²) in [5.74, 6) is 0.621. The van der Waals surface area contributed by atoms with Crippen LogP contribution in [0, 0.1) is 12.8 Å². The molecule has 0 radical (unpaired) electrons. The fourth-order valence-electron chi connectivity index (χ4n) is 2.37. The van der Waals surface area contributed by atoms with Crippen LogP contribution in [0.3, 0.4) is 0 Å². The first-order valence-electron chi connectivity index (χ1n) is 9.46. The second-order valence-corrected chi connectivity index (χ2v) is 7.97. The van der Waals surface area contributed by atoms with Crippen molar-refractivity contribution in [3.63, 3.8) is 0 Å². The van der Waals surface area contributed by atoms with Crippen molar-refractivity contribution in [3.8, 4) is 11.5 Å². The number of nitrogens with zero attached hydrogens (tertiary/aromatic N) is 1. The first-order chi connectivity index (χ1) is 12.5. The van der Waals surface area contributed by atoms with Crippen molar-refractivity contribution in [1.29, 1.82) is 0 Å². The lowest BCUT2D eigenvalue weighted by molar-refractivity contribution is 0.0868. The second kappa shape index (κ2) is 9.62. The zero-order valence-corrected chi connectivity index (χ0v) is 17.8. The van der Waals surface area contributed by atoms with Crippen LogP contribution in [0.25, 0.3) is 0 Å². The maximum Gasteiger partial charge on any atom is 0.513 e. The number of hydrogen-bond donors (Lipinski definition) is 0. The number of carbonyl (C=O) groups excluding carboxylic acids is 2. The highest BCUT2D eigenvalue weighted by Gasteiger charge is 2.24. The van der Waals surface area contributed by atoms with Crippen molar-refractivity contribution in [3.05, 3.63) is 23.3 Å². The summed E-state index contributed by atoms with van der Waals surface area (Å²) >= 11 is 0. The number of ether oxygens (including phenoxy) is 3. The average Bonchev–Trinajstić information content (AvgIpc) is 2.56. The summed E-state index contributed by atoms with van der Waals surface area (Å²) in [6.45, 7) is 16.9. The second-order valence-electron chi connectivity index (χ2n) is 7.97. The van der Waals surface area contributed by atoms with Crippen LogP contribution in [-0.2, 0) is 10.2 Å². The molecule has 0 aromatic heterocycles. The average molecular weight is 379 g/mol. The van der Waals surface area contributed by atoms with E-state index in [9.17, 15) is 9.59 Å². The fourth-order valence-corrected chi connectivity index (χ4v) is 2.37. The molecule has 0 saturated heterocycles. The van der Waals surface area contributed by atoms with Gasteiger partial charge in [0.05, 0.1) is 6.61 Å². The van der Waals surface area contributed by atoms with Gasteiger partial charge in [-0.2, -0.15) is 0 Å². The Hall–Kier alpha value is -2.24. The molecule has 0 aliphatic heterocycles. The lowest BCUT2D eigenvalue weighted by Gasteiger charge is -2.24. The van der Waals surface area contributed by atoms with E-state index in [1.54, 1.807) is 11.0 Å². The quantitative estimate of drug-likeness (QED) is 0.495. The van der Waals surface area contributed by atoms with Gasteiger partial charge in [-0.05, 0) is 49.3 Å². The van der Waals surface area contributed by atoms with Crippen molar-refractivity contribution in [1.82, 2.24) is 4.90 Å². The number of benzene rings is 1. The van der Waals surface area contributed by atoms with E-state index in [0.717, 1.165) is 11.1 Å². The number of rotatable bonds is 6. The highest BCUT2D eigenvalue weighted by molar-refractivity contribution is 5.74. The number of aryl methyl sites for hydroxylation is 1. The Morgan fingerprint density at radius 2 is 1.67 bits per heavy atom. The molecule has 1 aromatic carbocycles. The van der Waals surface area contributed by atoms with E-state index >= 15 is 0 Å². The van der Waals surface area contributed by atoms with Gasteiger partial charge in [-0.25, -0.2) is 9.59 Å². The van der Waals surface area contributed by atoms with Crippen molar-refractivity contribution in [2.24, 2.45) is 5.92 Å². The summed E-state index contributed by atoms with van der Waals surface area (Å²) in [7, 11) is 0. The van der Waals surface area contributed by atoms with Crippen LogP contribution in [0.2, 0.25) is 0 Å². The molecule has 0 atom stereocenters. The topological polar surface area (TPSA) is 65.1 Å². The maximum absolute atomic E-state index is 12.4. The van der Waals surface area contributed by atoms with Gasteiger partial charge in [0.2, 0.25) is 0 Å². The lowest BCUT2D eigenvalue weighted by atomic mass is 9.86. The summed E-state index contributed by atoms with van der Waals surface area (Å²) in [4.78, 5) is 26.0. The van der Waals surface area contributed by atoms with Gasteiger partial charge in [0, 0.05) is 13.1 Å². The minimum Gasteiger partial charge on any atom is -0.434 e. The van der Waals surface area contributed by atoms with Gasteiger partial charge in [0.15, 0.2) is 11.5 Å². The predicted molar refractivity (Wildman–Crippen MR) is 106 cm³/mol. The molecule has 0 N–H and O–H groups in total. The number of amides is 1. The van der Waals surface area contributed by atoms with E-state index < -0.39 is 12.2 Å². The predicted octanol–water partition coefficient (Wildman–Crippen LogP) is 5.30. The molecule has 1 aromatic rings. The zero-order valence-electron chi connectivity index (χ0n) is 17.8. The zero-order chi connectivity index (χ0) is 20.8. The van der Waals surface area contributed by atoms with Crippen molar-refractivity contribution in [2.45, 2.75) is 60.8 Å². The van der Waals surface area contributed by atoms with Crippen molar-refractivity contribution < 1.29 is 23.8 Å². The van der Waals surface area contributed by atoms with Crippen LogP contribution in [0.5, 0.6) is 11.5 Å². The molecule has 6 nitrogen and oxygen atoms in total. The van der Waals surface area contributed by atoms with E-state index in [-0.39, 0.29) is 29.4 Å². The minimum absolute atomic E-state index is 0.161. The van der Waals surface area contributed by atoms with E-state index in [1.807, 2.05) is 40.7 Å². The van der Waals surface area contributed by atoms with E-state index in [0.29, 0.717) is 13.1 Å². The Balaban J connectivity index is 3.23. The van der Waals surface area contributed by atoms with Gasteiger partial charge in [-0.3, -0.25) is 0 Å². The molecule has 0 bridgehead atoms. The number of hydrogen-bond acceptors (Lipinski definition) is 5. The first-order valence-corrected chi connectivity index (χ1v) is 9.46. The van der Waals surface area contributed by atoms with Gasteiger partial charge in [0.1, 0.15) is 0 Å². The molecular formula is C21H33NO5. The van der Waals surface area contributed by atoms with Crippen LogP contribution in [-0.4, -0.2) is 36.8 Å². The smallest absolute Gasteiger partial charge is 0.434 e. The van der Waals surface area contributed by atoms with Crippen LogP contribution < -0.4 is 9.47 Å². The van der Waals surface area contributed by atoms with Crippen molar-refractivity contribution >= 4 is 12.2 Å². The number of carbonyl (C=O) groups is 2. The van der Waals surface area contributed by atoms with Gasteiger partial charge in [-0.15, -0.1) is 0 Å². The molecule has 152 valence electrons. The normalized spacial score (nSPS) is 11.3. The van der Waals surface area contributed by atoms with Crippen LogP contribution >= 0.6 is 0 Å². The Morgan fingerprint density at radius 3 is 2.15 bits per heavy atom. The van der Waals surface area contributed by atoms with Gasteiger partial charge < -0.3 is 19.1 Å².